The number of hydrogen-bond acceptors (Lipinski definition) is 24. The molecule has 36 nitrogen and oxygen atoms in total. The number of quaternary nitrogens is 12. The van der Waals surface area contributed by atoms with Crippen LogP contribution in [0.3, 0.4) is 0 Å². The zero-order chi connectivity index (χ0) is 93.9. The maximum absolute atomic E-state index is 9.89. The summed E-state index contributed by atoms with van der Waals surface area (Å²) in [7, 11) is 6.42. The fraction of sp³-hybridized carbons (Fsp3) is 0.500. The van der Waals surface area contributed by atoms with Gasteiger partial charge in [-0.1, -0.05) is 0 Å². The fourth-order valence-corrected chi connectivity index (χ4v) is 7.29. The molecule has 12 aliphatic rings. The molecule has 0 saturated heterocycles. The Labute approximate surface area is 712 Å². The van der Waals surface area contributed by atoms with Crippen molar-refractivity contribution < 1.29 is 140 Å². The van der Waals surface area contributed by atoms with Gasteiger partial charge in [0.25, 0.3) is 0 Å². The Bertz CT molecular complexity index is 2590. The van der Waals surface area contributed by atoms with Crippen LogP contribution in [-0.2, 0) is 0 Å². The van der Waals surface area contributed by atoms with Gasteiger partial charge in [-0.05, 0) is 83.1 Å². The summed E-state index contributed by atoms with van der Waals surface area (Å²) in [6.07, 6.45) is 70.0. The Kier molecular flexibility index (Phi) is 68.1. The number of hydrogen-bond donors (Lipinski definition) is 0. The molecule has 12 unspecified atom stereocenters. The van der Waals surface area contributed by atoms with Gasteiger partial charge in [0.05, 0.1) is 238 Å². The Hall–Kier alpha value is -8.07. The van der Waals surface area contributed by atoms with Crippen LogP contribution in [-0.4, -0.2) is 337 Å². The zero-order valence-electron chi connectivity index (χ0n) is 74.6. The molecule has 12 heterocycles. The minimum absolute atomic E-state index is 0.847. The summed E-state index contributed by atoms with van der Waals surface area (Å²) in [6.45, 7) is 38.7. The van der Waals surface area contributed by atoms with Gasteiger partial charge >= 0.3 is 0 Å². The van der Waals surface area contributed by atoms with Crippen molar-refractivity contribution in [3.8, 4) is 0 Å². The largest absolute Gasteiger partial charge is 0.867 e. The molecule has 0 aromatic heterocycles. The molecular weight excluding hydrogens is 1570 g/mol. The van der Waals surface area contributed by atoms with Gasteiger partial charge in [0.15, 0.2) is 76.1 Å². The first-order valence-corrected chi connectivity index (χ1v) is 38.2. The van der Waals surface area contributed by atoms with Crippen LogP contribution in [0.15, 0.2) is 209 Å². The van der Waals surface area contributed by atoms with E-state index in [2.05, 4.69) is 302 Å². The molecule has 0 N–H and O–H groups in total. The number of halogens is 6. The molecule has 120 heavy (non-hydrogen) atoms. The second-order valence-electron chi connectivity index (χ2n) is 28.4. The quantitative estimate of drug-likeness (QED) is 0.112. The van der Waals surface area contributed by atoms with E-state index in [0.717, 1.165) is 132 Å². The van der Waals surface area contributed by atoms with Crippen molar-refractivity contribution >= 4 is 120 Å². The predicted octanol–water partition coefficient (Wildman–Crippen LogP) is -2.44. The molecule has 0 amide bonds. The predicted molar refractivity (Wildman–Crippen MR) is 453 cm³/mol. The van der Waals surface area contributed by atoms with Crippen molar-refractivity contribution in [1.82, 2.24) is 0 Å². The van der Waals surface area contributed by atoms with Gasteiger partial charge in [0.2, 0.25) is 0 Å². The normalized spacial score (nSPS) is 28.8. The number of aliphatic imine (C=N–C) groups is 12. The monoisotopic (exact) mass is 1710 g/mol. The molecule has 12 rings (SSSR count). The van der Waals surface area contributed by atoms with E-state index in [1.807, 2.05) is 150 Å². The van der Waals surface area contributed by atoms with E-state index in [-0.39, 0.29) is 0 Å². The van der Waals surface area contributed by atoms with Crippen LogP contribution in [0, 0.1) is 0 Å². The van der Waals surface area contributed by atoms with Crippen molar-refractivity contribution in [3.63, 3.8) is 0 Å². The Morgan fingerprint density at radius 2 is 0.208 bits per heavy atom. The molecule has 0 radical (unpaired) electrons. The van der Waals surface area contributed by atoms with Crippen LogP contribution in [0.2, 0.25) is 0 Å². The molecule has 12 atom stereocenters. The third-order valence-electron chi connectivity index (χ3n) is 18.1. The summed E-state index contributed by atoms with van der Waals surface area (Å²) in [5, 5.41) is 99.7. The molecule has 0 saturated carbocycles. The zero-order valence-corrected chi connectivity index (χ0v) is 74.6. The Balaban J connectivity index is -0.000000289. The van der Waals surface area contributed by atoms with Crippen molar-refractivity contribution in [1.29, 1.82) is 0 Å². The molecule has 0 spiro atoms. The number of nitrogens with zero attached hydrogens (tertiary/aromatic N) is 24. The lowest BCUT2D eigenvalue weighted by molar-refractivity contribution is -0.754. The second-order valence-corrected chi connectivity index (χ2v) is 28.4. The van der Waals surface area contributed by atoms with Crippen LogP contribution in [0.4, 0.5) is 25.9 Å². The summed E-state index contributed by atoms with van der Waals surface area (Å²) < 4.78 is 69.5. The molecule has 0 bridgehead atoms. The van der Waals surface area contributed by atoms with Gasteiger partial charge in [-0.25, -0.2) is 59.9 Å². The summed E-state index contributed by atoms with van der Waals surface area (Å²) in [5.41, 5.74) is 0. The highest BCUT2D eigenvalue weighted by atomic mass is 19.1. The lowest BCUT2D eigenvalue weighted by Gasteiger charge is -2.18. The van der Waals surface area contributed by atoms with Gasteiger partial charge < -0.3 is 86.2 Å². The maximum Gasteiger partial charge on any atom is 0.194 e. The highest BCUT2D eigenvalue weighted by Gasteiger charge is 2.22. The molecule has 0 aromatic carbocycles. The SMILES string of the molecule is CC[N+]1(C)C=CN=C1.CC[N+]1(C)C=CN=C1.CC[N+]1(C)C=CN=C1.CC[N+]1(C)C=CN=C1.CC[N+]1(C)C=CN=C1.CC[N+]1(C)C=CN=C1.CC[N+]1(C)C=CN=C1.CC[N+]1(C)C=CN=C1.CC[N+]1(C)C=CN=C1.CC[N+]1(C)C=CN=C1.CC[N+]1(C)C=CN=C1.CC[N+]1(C)C=CN=C1.[O-]B([O-])F.[O-]B([O-])F.[O-]B([O-])F.[O-]B([O-])F.[O-]B([O-])F.[O-]B([O-])F. The summed E-state index contributed by atoms with van der Waals surface area (Å²) in [4.78, 5) is 47.7. The van der Waals surface area contributed by atoms with Crippen LogP contribution >= 0.6 is 0 Å². The molecule has 0 aliphatic carbocycles. The topological polar surface area (TPSA) is 425 Å². The first kappa shape index (κ1) is 123. The van der Waals surface area contributed by atoms with Crippen LogP contribution in [0.5, 0.6) is 0 Å². The van der Waals surface area contributed by atoms with Gasteiger partial charge in [0, 0.05) is 0 Å². The van der Waals surface area contributed by atoms with Crippen molar-refractivity contribution in [2.75, 3.05) is 163 Å². The molecule has 48 heteroatoms. The van der Waals surface area contributed by atoms with E-state index in [4.69, 9.17) is 60.3 Å². The second kappa shape index (κ2) is 66.5. The van der Waals surface area contributed by atoms with E-state index >= 15 is 0 Å². The van der Waals surface area contributed by atoms with E-state index in [1.54, 1.807) is 0 Å². The van der Waals surface area contributed by atoms with Crippen LogP contribution in [0.1, 0.15) is 83.1 Å². The molecule has 672 valence electrons. The fourth-order valence-electron chi connectivity index (χ4n) is 7.29. The van der Waals surface area contributed by atoms with E-state index in [1.165, 1.54) is 0 Å². The lowest BCUT2D eigenvalue weighted by Crippen LogP contribution is -2.39. The average molecular weight is 1700 g/mol. The minimum atomic E-state index is -3.17. The molecule has 0 aromatic rings. The van der Waals surface area contributed by atoms with Gasteiger partial charge in [-0.2, -0.15) is 0 Å². The summed E-state index contributed by atoms with van der Waals surface area (Å²) in [6, 6.07) is 0. The summed E-state index contributed by atoms with van der Waals surface area (Å²) >= 11 is 0. The number of rotatable bonds is 12. The maximum atomic E-state index is 9.89. The van der Waals surface area contributed by atoms with E-state index in [0.29, 0.717) is 0 Å². The van der Waals surface area contributed by atoms with Crippen LogP contribution in [0.25, 0.3) is 0 Å². The standard InChI is InChI=1S/12C6H11N2.6BFO2/c12*1-3-8(2)5-4-7-6-8;6*2-1(3)4/h12*4-6H,3H2,1-2H3;;;;;;/q12*+1;6*-2. The summed E-state index contributed by atoms with van der Waals surface area (Å²) in [5.74, 6) is 0. The third-order valence-corrected chi connectivity index (χ3v) is 18.1. The first-order valence-electron chi connectivity index (χ1n) is 38.2. The van der Waals surface area contributed by atoms with Crippen molar-refractivity contribution in [3.05, 3.63) is 149 Å². The Morgan fingerprint density at radius 3 is 0.225 bits per heavy atom. The smallest absolute Gasteiger partial charge is 0.194 e. The molecular formula is C72H132B6F6N24O12. The van der Waals surface area contributed by atoms with Crippen molar-refractivity contribution in [2.45, 2.75) is 83.1 Å². The minimum Gasteiger partial charge on any atom is -0.867 e. The first-order chi connectivity index (χ1) is 55.6. The van der Waals surface area contributed by atoms with E-state index in [9.17, 15) is 25.9 Å². The van der Waals surface area contributed by atoms with Gasteiger partial charge in [-0.15, -0.1) is 0 Å². The lowest BCUT2D eigenvalue weighted by atomic mass is 10.3. The highest BCUT2D eigenvalue weighted by molar-refractivity contribution is 6.28. The third kappa shape index (κ3) is 70.6. The van der Waals surface area contributed by atoms with Gasteiger partial charge in [-0.3, -0.25) is 53.8 Å². The average Bonchev–Trinajstić information content (AvgIpc) is 1.84. The molecule has 12 aliphatic heterocycles. The Morgan fingerprint density at radius 1 is 0.158 bits per heavy atom. The van der Waals surface area contributed by atoms with Crippen molar-refractivity contribution in [2.24, 2.45) is 59.9 Å². The van der Waals surface area contributed by atoms with E-state index < -0.39 is 44.4 Å². The molecule has 0 fully saturated rings. The van der Waals surface area contributed by atoms with Crippen LogP contribution < -0.4 is 60.3 Å². The van der Waals surface area contributed by atoms with Gasteiger partial charge in [0.1, 0.15) is 119 Å². The highest BCUT2D eigenvalue weighted by Crippen LogP contribution is 2.12.